The van der Waals surface area contributed by atoms with Crippen molar-refractivity contribution >= 4 is 16.8 Å². The van der Waals surface area contributed by atoms with Crippen molar-refractivity contribution in [1.29, 1.82) is 0 Å². The summed E-state index contributed by atoms with van der Waals surface area (Å²) in [4.78, 5) is 4.60. The molecule has 0 saturated carbocycles. The summed E-state index contributed by atoms with van der Waals surface area (Å²) in [6, 6.07) is 14.0. The minimum Gasteiger partial charge on any atom is -0.440 e. The summed E-state index contributed by atoms with van der Waals surface area (Å²) in [5, 5.41) is 0. The number of benzene rings is 2. The van der Waals surface area contributed by atoms with Gasteiger partial charge in [0.05, 0.1) is 0 Å². The maximum absolute atomic E-state index is 5.83. The zero-order chi connectivity index (χ0) is 15.0. The largest absolute Gasteiger partial charge is 0.440 e. The summed E-state index contributed by atoms with van der Waals surface area (Å²) in [6.07, 6.45) is 0.657. The highest BCUT2D eigenvalue weighted by molar-refractivity contribution is 5.73. The van der Waals surface area contributed by atoms with Gasteiger partial charge in [-0.1, -0.05) is 39.0 Å². The van der Waals surface area contributed by atoms with E-state index in [1.54, 1.807) is 0 Å². The van der Waals surface area contributed by atoms with Gasteiger partial charge in [-0.05, 0) is 40.8 Å². The van der Waals surface area contributed by atoms with Gasteiger partial charge in [-0.2, -0.15) is 0 Å². The highest BCUT2D eigenvalue weighted by atomic mass is 16.3. The van der Waals surface area contributed by atoms with Crippen molar-refractivity contribution < 1.29 is 4.42 Å². The normalized spacial score (nSPS) is 12.0. The molecule has 0 fully saturated rings. The Kier molecular flexibility index (Phi) is 3.20. The lowest BCUT2D eigenvalue weighted by molar-refractivity contribution is 0.544. The van der Waals surface area contributed by atoms with Crippen LogP contribution in [-0.4, -0.2) is 4.98 Å². The van der Waals surface area contributed by atoms with Crippen LogP contribution in [0, 0.1) is 0 Å². The van der Waals surface area contributed by atoms with Gasteiger partial charge >= 0.3 is 0 Å². The molecule has 0 unspecified atom stereocenters. The van der Waals surface area contributed by atoms with Gasteiger partial charge < -0.3 is 10.2 Å². The Hall–Kier alpha value is -2.29. The number of anilines is 1. The first-order chi connectivity index (χ1) is 9.91. The van der Waals surface area contributed by atoms with Gasteiger partial charge in [0.2, 0.25) is 0 Å². The van der Waals surface area contributed by atoms with E-state index in [0.29, 0.717) is 6.42 Å². The first-order valence-corrected chi connectivity index (χ1v) is 7.16. The Morgan fingerprint density at radius 3 is 2.62 bits per heavy atom. The number of rotatable bonds is 2. The molecule has 108 valence electrons. The molecular formula is C18H20N2O. The molecule has 0 radical (unpaired) electrons. The average molecular weight is 280 g/mol. The summed E-state index contributed by atoms with van der Waals surface area (Å²) in [6.45, 7) is 6.59. The number of hydrogen-bond acceptors (Lipinski definition) is 3. The van der Waals surface area contributed by atoms with Crippen molar-refractivity contribution in [1.82, 2.24) is 4.98 Å². The Labute approximate surface area is 124 Å². The van der Waals surface area contributed by atoms with Crippen molar-refractivity contribution in [2.24, 2.45) is 0 Å². The van der Waals surface area contributed by atoms with E-state index in [1.807, 2.05) is 30.3 Å². The molecule has 0 aliphatic carbocycles. The lowest BCUT2D eigenvalue weighted by Gasteiger charge is -2.18. The average Bonchev–Trinajstić information content (AvgIpc) is 2.78. The van der Waals surface area contributed by atoms with Gasteiger partial charge in [-0.15, -0.1) is 0 Å². The van der Waals surface area contributed by atoms with E-state index < -0.39 is 0 Å². The predicted octanol–water partition coefficient (Wildman–Crippen LogP) is 4.30. The smallest absolute Gasteiger partial charge is 0.199 e. The third-order valence-electron chi connectivity index (χ3n) is 3.60. The Morgan fingerprint density at radius 2 is 1.90 bits per heavy atom. The topological polar surface area (TPSA) is 52.0 Å². The monoisotopic (exact) mass is 280 g/mol. The predicted molar refractivity (Wildman–Crippen MR) is 86.4 cm³/mol. The second-order valence-electron chi connectivity index (χ2n) is 6.46. The molecule has 0 aliphatic heterocycles. The molecule has 21 heavy (non-hydrogen) atoms. The van der Waals surface area contributed by atoms with Crippen LogP contribution < -0.4 is 5.73 Å². The van der Waals surface area contributed by atoms with Gasteiger partial charge in [0.1, 0.15) is 5.52 Å². The molecule has 3 heteroatoms. The van der Waals surface area contributed by atoms with Crippen LogP contribution in [-0.2, 0) is 11.8 Å². The molecule has 2 N–H and O–H groups in total. The molecule has 0 saturated heterocycles. The summed E-state index contributed by atoms with van der Waals surface area (Å²) in [5.41, 5.74) is 10.8. The van der Waals surface area contributed by atoms with Crippen molar-refractivity contribution in [3.8, 4) is 0 Å². The van der Waals surface area contributed by atoms with Crippen LogP contribution in [0.3, 0.4) is 0 Å². The van der Waals surface area contributed by atoms with Crippen LogP contribution in [0.1, 0.15) is 37.8 Å². The van der Waals surface area contributed by atoms with E-state index in [1.165, 1.54) is 5.56 Å². The fourth-order valence-electron chi connectivity index (χ4n) is 2.39. The van der Waals surface area contributed by atoms with E-state index in [-0.39, 0.29) is 5.41 Å². The third-order valence-corrected chi connectivity index (χ3v) is 3.60. The number of fused-ring (bicyclic) bond motifs is 1. The second-order valence-corrected chi connectivity index (χ2v) is 6.46. The molecule has 1 aromatic heterocycles. The second kappa shape index (κ2) is 4.92. The SMILES string of the molecule is CC(C)(C)c1ccc2oc(Cc3cccc(N)c3)nc2c1. The number of nitrogen functional groups attached to an aromatic ring is 1. The molecule has 3 nitrogen and oxygen atoms in total. The Balaban J connectivity index is 1.94. The van der Waals surface area contributed by atoms with Crippen molar-refractivity contribution in [2.45, 2.75) is 32.6 Å². The van der Waals surface area contributed by atoms with Crippen molar-refractivity contribution in [3.05, 3.63) is 59.5 Å². The number of oxazole rings is 1. The van der Waals surface area contributed by atoms with Gasteiger partial charge in [0.15, 0.2) is 11.5 Å². The number of nitrogens with two attached hydrogens (primary N) is 1. The number of aromatic nitrogens is 1. The first-order valence-electron chi connectivity index (χ1n) is 7.16. The van der Waals surface area contributed by atoms with Crippen molar-refractivity contribution in [3.63, 3.8) is 0 Å². The molecule has 0 atom stereocenters. The summed E-state index contributed by atoms with van der Waals surface area (Å²) in [5.74, 6) is 0.724. The highest BCUT2D eigenvalue weighted by Gasteiger charge is 2.15. The number of nitrogens with zero attached hydrogens (tertiary/aromatic N) is 1. The minimum atomic E-state index is 0.112. The first kappa shape index (κ1) is 13.7. The van der Waals surface area contributed by atoms with Crippen LogP contribution in [0.4, 0.5) is 5.69 Å². The van der Waals surface area contributed by atoms with E-state index in [0.717, 1.165) is 28.2 Å². The zero-order valence-corrected chi connectivity index (χ0v) is 12.7. The Morgan fingerprint density at radius 1 is 1.10 bits per heavy atom. The van der Waals surface area contributed by atoms with Crippen LogP contribution in [0.15, 0.2) is 46.9 Å². The molecule has 0 aliphatic rings. The van der Waals surface area contributed by atoms with E-state index in [2.05, 4.69) is 37.9 Å². The quantitative estimate of drug-likeness (QED) is 0.712. The van der Waals surface area contributed by atoms with Gasteiger partial charge in [0.25, 0.3) is 0 Å². The van der Waals surface area contributed by atoms with E-state index in [4.69, 9.17) is 10.2 Å². The molecule has 2 aromatic carbocycles. The van der Waals surface area contributed by atoms with Gasteiger partial charge in [-0.25, -0.2) is 4.98 Å². The van der Waals surface area contributed by atoms with Crippen LogP contribution in [0.25, 0.3) is 11.1 Å². The maximum atomic E-state index is 5.83. The fourth-order valence-corrected chi connectivity index (χ4v) is 2.39. The molecule has 3 aromatic rings. The molecule has 3 rings (SSSR count). The fraction of sp³-hybridized carbons (Fsp3) is 0.278. The minimum absolute atomic E-state index is 0.112. The number of hydrogen-bond donors (Lipinski definition) is 1. The zero-order valence-electron chi connectivity index (χ0n) is 12.7. The van der Waals surface area contributed by atoms with Crippen molar-refractivity contribution in [2.75, 3.05) is 5.73 Å². The lowest BCUT2D eigenvalue weighted by Crippen LogP contribution is -2.10. The lowest BCUT2D eigenvalue weighted by atomic mass is 9.87. The van der Waals surface area contributed by atoms with Gasteiger partial charge in [0, 0.05) is 12.1 Å². The summed E-state index contributed by atoms with van der Waals surface area (Å²) in [7, 11) is 0. The van der Waals surface area contributed by atoms with Crippen LogP contribution >= 0.6 is 0 Å². The van der Waals surface area contributed by atoms with Crippen LogP contribution in [0.2, 0.25) is 0 Å². The molecule has 0 amide bonds. The Bertz CT molecular complexity index is 781. The molecular weight excluding hydrogens is 260 g/mol. The van der Waals surface area contributed by atoms with Gasteiger partial charge in [-0.3, -0.25) is 0 Å². The maximum Gasteiger partial charge on any atom is 0.199 e. The summed E-state index contributed by atoms with van der Waals surface area (Å²) >= 11 is 0. The standard InChI is InChI=1S/C18H20N2O/c1-18(2,3)13-7-8-16-15(11-13)20-17(21-16)10-12-5-4-6-14(19)9-12/h4-9,11H,10,19H2,1-3H3. The summed E-state index contributed by atoms with van der Waals surface area (Å²) < 4.78 is 5.83. The molecule has 0 spiro atoms. The molecule has 0 bridgehead atoms. The van der Waals surface area contributed by atoms with E-state index >= 15 is 0 Å². The third kappa shape index (κ3) is 2.92. The van der Waals surface area contributed by atoms with Crippen LogP contribution in [0.5, 0.6) is 0 Å². The molecule has 1 heterocycles. The highest BCUT2D eigenvalue weighted by Crippen LogP contribution is 2.26. The van der Waals surface area contributed by atoms with E-state index in [9.17, 15) is 0 Å².